The van der Waals surface area contributed by atoms with Gasteiger partial charge in [-0.1, -0.05) is 31.9 Å². The molecule has 2 nitrogen and oxygen atoms in total. The van der Waals surface area contributed by atoms with Crippen molar-refractivity contribution in [3.05, 3.63) is 28.8 Å². The summed E-state index contributed by atoms with van der Waals surface area (Å²) >= 11 is 6.02. The lowest BCUT2D eigenvalue weighted by molar-refractivity contribution is 0.300. The normalized spacial score (nSPS) is 16.6. The fraction of sp³-hybridized carbons (Fsp3) is 0.538. The average molecular weight is 242 g/mol. The van der Waals surface area contributed by atoms with E-state index in [0.29, 0.717) is 10.9 Å². The minimum absolute atomic E-state index is 0.361. The van der Waals surface area contributed by atoms with Crippen molar-refractivity contribution in [1.82, 2.24) is 0 Å². The minimum atomic E-state index is -0.426. The zero-order valence-electron chi connectivity index (χ0n) is 10.4. The van der Waals surface area contributed by atoms with Crippen LogP contribution in [0.1, 0.15) is 32.8 Å². The fourth-order valence-electron chi connectivity index (χ4n) is 1.79. The van der Waals surface area contributed by atoms with Gasteiger partial charge in [-0.3, -0.25) is 0 Å². The predicted octanol–water partition coefficient (Wildman–Crippen LogP) is 3.57. The summed E-state index contributed by atoms with van der Waals surface area (Å²) in [5.74, 6) is 1.16. The first-order valence-electron chi connectivity index (χ1n) is 5.56. The van der Waals surface area contributed by atoms with Crippen molar-refractivity contribution in [3.63, 3.8) is 0 Å². The summed E-state index contributed by atoms with van der Waals surface area (Å²) in [5, 5.41) is 0.691. The van der Waals surface area contributed by atoms with E-state index in [2.05, 4.69) is 13.8 Å². The maximum absolute atomic E-state index is 6.40. The quantitative estimate of drug-likeness (QED) is 0.875. The van der Waals surface area contributed by atoms with Crippen LogP contribution in [0.2, 0.25) is 5.02 Å². The van der Waals surface area contributed by atoms with Gasteiger partial charge in [0.05, 0.1) is 7.11 Å². The lowest BCUT2D eigenvalue weighted by Crippen LogP contribution is -2.40. The van der Waals surface area contributed by atoms with Gasteiger partial charge in [0, 0.05) is 16.1 Å². The molecule has 0 aliphatic heterocycles. The van der Waals surface area contributed by atoms with E-state index in [0.717, 1.165) is 17.7 Å². The van der Waals surface area contributed by atoms with E-state index >= 15 is 0 Å². The van der Waals surface area contributed by atoms with Gasteiger partial charge in [0.15, 0.2) is 0 Å². The fourth-order valence-corrected chi connectivity index (χ4v) is 1.96. The van der Waals surface area contributed by atoms with Crippen LogP contribution >= 0.6 is 11.6 Å². The largest absolute Gasteiger partial charge is 0.496 e. The summed E-state index contributed by atoms with van der Waals surface area (Å²) in [6.07, 6.45) is 1.02. The number of hydrogen-bond acceptors (Lipinski definition) is 2. The SMILES string of the molecule is CCC(C)C(C)(N)c1cc(Cl)ccc1OC. The van der Waals surface area contributed by atoms with Gasteiger partial charge in [-0.25, -0.2) is 0 Å². The van der Waals surface area contributed by atoms with Crippen LogP contribution in [-0.2, 0) is 5.54 Å². The van der Waals surface area contributed by atoms with Crippen LogP contribution in [0.4, 0.5) is 0 Å². The second kappa shape index (κ2) is 5.07. The number of nitrogens with two attached hydrogens (primary N) is 1. The molecule has 16 heavy (non-hydrogen) atoms. The van der Waals surface area contributed by atoms with E-state index in [1.807, 2.05) is 25.1 Å². The summed E-state index contributed by atoms with van der Waals surface area (Å²) in [6, 6.07) is 5.58. The highest BCUT2D eigenvalue weighted by Crippen LogP contribution is 2.36. The molecule has 90 valence electrons. The van der Waals surface area contributed by atoms with E-state index in [9.17, 15) is 0 Å². The molecule has 2 N–H and O–H groups in total. The van der Waals surface area contributed by atoms with Crippen molar-refractivity contribution in [1.29, 1.82) is 0 Å². The first kappa shape index (κ1) is 13.3. The van der Waals surface area contributed by atoms with E-state index in [4.69, 9.17) is 22.1 Å². The topological polar surface area (TPSA) is 35.2 Å². The molecule has 2 unspecified atom stereocenters. The van der Waals surface area contributed by atoms with Crippen molar-refractivity contribution in [2.24, 2.45) is 11.7 Å². The van der Waals surface area contributed by atoms with Gasteiger partial charge in [0.2, 0.25) is 0 Å². The van der Waals surface area contributed by atoms with Gasteiger partial charge in [-0.2, -0.15) is 0 Å². The third-order valence-electron chi connectivity index (χ3n) is 3.38. The van der Waals surface area contributed by atoms with E-state index in [1.54, 1.807) is 7.11 Å². The Balaban J connectivity index is 3.24. The van der Waals surface area contributed by atoms with Crippen molar-refractivity contribution in [2.75, 3.05) is 7.11 Å². The molecular weight excluding hydrogens is 222 g/mol. The highest BCUT2D eigenvalue weighted by atomic mass is 35.5. The van der Waals surface area contributed by atoms with Gasteiger partial charge < -0.3 is 10.5 Å². The van der Waals surface area contributed by atoms with Crippen LogP contribution in [0.15, 0.2) is 18.2 Å². The molecule has 2 atom stereocenters. The van der Waals surface area contributed by atoms with Gasteiger partial charge in [-0.15, -0.1) is 0 Å². The van der Waals surface area contributed by atoms with Crippen molar-refractivity contribution in [2.45, 2.75) is 32.7 Å². The molecule has 0 radical (unpaired) electrons. The highest BCUT2D eigenvalue weighted by molar-refractivity contribution is 6.30. The van der Waals surface area contributed by atoms with Gasteiger partial charge in [-0.05, 0) is 31.0 Å². The second-order valence-corrected chi connectivity index (χ2v) is 4.87. The Morgan fingerprint density at radius 3 is 2.62 bits per heavy atom. The summed E-state index contributed by atoms with van der Waals surface area (Å²) in [5.41, 5.74) is 6.94. The zero-order valence-corrected chi connectivity index (χ0v) is 11.1. The van der Waals surface area contributed by atoms with E-state index in [1.165, 1.54) is 0 Å². The Morgan fingerprint density at radius 2 is 2.12 bits per heavy atom. The van der Waals surface area contributed by atoms with Crippen LogP contribution in [0, 0.1) is 5.92 Å². The van der Waals surface area contributed by atoms with Crippen LogP contribution < -0.4 is 10.5 Å². The number of hydrogen-bond donors (Lipinski definition) is 1. The average Bonchev–Trinajstić information content (AvgIpc) is 2.27. The molecule has 0 bridgehead atoms. The van der Waals surface area contributed by atoms with Crippen LogP contribution in [-0.4, -0.2) is 7.11 Å². The monoisotopic (exact) mass is 241 g/mol. The van der Waals surface area contributed by atoms with Crippen molar-refractivity contribution >= 4 is 11.6 Å². The molecule has 1 aromatic rings. The number of rotatable bonds is 4. The molecule has 0 saturated heterocycles. The molecule has 0 aliphatic carbocycles. The van der Waals surface area contributed by atoms with Gasteiger partial charge in [0.25, 0.3) is 0 Å². The van der Waals surface area contributed by atoms with Gasteiger partial charge in [0.1, 0.15) is 5.75 Å². The predicted molar refractivity (Wildman–Crippen MR) is 69.0 cm³/mol. The van der Waals surface area contributed by atoms with Crippen LogP contribution in [0.5, 0.6) is 5.75 Å². The Morgan fingerprint density at radius 1 is 1.50 bits per heavy atom. The molecule has 3 heteroatoms. The zero-order chi connectivity index (χ0) is 12.3. The first-order valence-corrected chi connectivity index (χ1v) is 5.94. The molecule has 0 spiro atoms. The summed E-state index contributed by atoms with van der Waals surface area (Å²) in [4.78, 5) is 0. The molecule has 0 saturated carbocycles. The van der Waals surface area contributed by atoms with E-state index < -0.39 is 5.54 Å². The molecular formula is C13H20ClNO. The smallest absolute Gasteiger partial charge is 0.124 e. The van der Waals surface area contributed by atoms with E-state index in [-0.39, 0.29) is 0 Å². The second-order valence-electron chi connectivity index (χ2n) is 4.44. The number of ether oxygens (including phenoxy) is 1. The maximum Gasteiger partial charge on any atom is 0.124 e. The lowest BCUT2D eigenvalue weighted by atomic mass is 9.80. The number of halogens is 1. The van der Waals surface area contributed by atoms with Gasteiger partial charge >= 0.3 is 0 Å². The number of methoxy groups -OCH3 is 1. The summed E-state index contributed by atoms with van der Waals surface area (Å²) in [7, 11) is 1.65. The lowest BCUT2D eigenvalue weighted by Gasteiger charge is -2.33. The maximum atomic E-state index is 6.40. The first-order chi connectivity index (χ1) is 7.43. The Bertz CT molecular complexity index is 363. The third kappa shape index (κ3) is 2.50. The Kier molecular flexibility index (Phi) is 4.22. The molecule has 1 rings (SSSR count). The number of benzene rings is 1. The Hall–Kier alpha value is -0.730. The van der Waals surface area contributed by atoms with Crippen molar-refractivity contribution < 1.29 is 4.74 Å². The molecule has 0 heterocycles. The molecule has 0 aliphatic rings. The third-order valence-corrected chi connectivity index (χ3v) is 3.61. The molecule has 1 aromatic carbocycles. The van der Waals surface area contributed by atoms with Crippen molar-refractivity contribution in [3.8, 4) is 5.75 Å². The highest BCUT2D eigenvalue weighted by Gasteiger charge is 2.30. The van der Waals surface area contributed by atoms with Crippen LogP contribution in [0.3, 0.4) is 0 Å². The van der Waals surface area contributed by atoms with Crippen LogP contribution in [0.25, 0.3) is 0 Å². The molecule has 0 fully saturated rings. The summed E-state index contributed by atoms with van der Waals surface area (Å²) in [6.45, 7) is 6.29. The summed E-state index contributed by atoms with van der Waals surface area (Å²) < 4.78 is 5.34. The minimum Gasteiger partial charge on any atom is -0.496 e. The molecule has 0 aromatic heterocycles. The standard InChI is InChI=1S/C13H20ClNO/c1-5-9(2)13(3,15)11-8-10(14)6-7-12(11)16-4/h6-9H,5,15H2,1-4H3. The Labute approximate surface area is 103 Å². The molecule has 0 amide bonds.